The quantitative estimate of drug-likeness (QED) is 0.268. The molecule has 0 unspecified atom stereocenters. The van der Waals surface area contributed by atoms with Gasteiger partial charge in [-0.25, -0.2) is 0 Å². The Morgan fingerprint density at radius 1 is 1.56 bits per heavy atom. The summed E-state index contributed by atoms with van der Waals surface area (Å²) in [5, 5.41) is 0. The summed E-state index contributed by atoms with van der Waals surface area (Å²) in [6, 6.07) is 0. The van der Waals surface area contributed by atoms with Gasteiger partial charge >= 0.3 is 66.8 Å². The van der Waals surface area contributed by atoms with Crippen LogP contribution in [0.25, 0.3) is 0 Å². The molecule has 0 N–H and O–H groups in total. The fourth-order valence-electron chi connectivity index (χ4n) is 0.580. The van der Waals surface area contributed by atoms with E-state index in [1.54, 1.807) is 0 Å². The van der Waals surface area contributed by atoms with Crippen molar-refractivity contribution in [1.82, 2.24) is 0 Å². The number of halogens is 1. The van der Waals surface area contributed by atoms with Gasteiger partial charge in [-0.15, -0.1) is 0 Å². The van der Waals surface area contributed by atoms with Crippen molar-refractivity contribution in [3.63, 3.8) is 0 Å². The van der Waals surface area contributed by atoms with Crippen LogP contribution in [0.1, 0.15) is 26.7 Å². The Bertz CT molecular complexity index is 75.5. The first-order valence-electron chi connectivity index (χ1n) is 3.18. The molecule has 0 atom stereocenters. The number of alkyl halides is 1. The monoisotopic (exact) mass is 242 g/mol. The maximum absolute atomic E-state index is 9.65. The Kier molecular flexibility index (Phi) is 6.69. The predicted molar refractivity (Wildman–Crippen MR) is 34.7 cm³/mol. The summed E-state index contributed by atoms with van der Waals surface area (Å²) in [7, 11) is 0. The van der Waals surface area contributed by atoms with Gasteiger partial charge in [-0.05, 0) is 0 Å². The van der Waals surface area contributed by atoms with Crippen LogP contribution in [-0.4, -0.2) is 4.43 Å². The van der Waals surface area contributed by atoms with Gasteiger partial charge in [0.15, 0.2) is 0 Å². The third-order valence-corrected chi connectivity index (χ3v) is 2.57. The zero-order chi connectivity index (χ0) is 7.11. The van der Waals surface area contributed by atoms with E-state index in [9.17, 15) is 4.91 Å². The van der Waals surface area contributed by atoms with Crippen molar-refractivity contribution in [3.8, 4) is 0 Å². The topological polar surface area (TPSA) is 29.4 Å². The molecule has 0 amide bonds. The Morgan fingerprint density at radius 3 is 2.67 bits per heavy atom. The third-order valence-electron chi connectivity index (χ3n) is 1.05. The van der Waals surface area contributed by atoms with E-state index < -0.39 is 0 Å². The molecule has 2 nitrogen and oxygen atoms in total. The first kappa shape index (κ1) is 9.33. The van der Waals surface area contributed by atoms with Crippen LogP contribution in [0.15, 0.2) is 3.39 Å². The third kappa shape index (κ3) is 8.33. The minimum absolute atomic E-state index is 0.335. The second-order valence-electron chi connectivity index (χ2n) is 2.41. The molecule has 0 heterocycles. The second kappa shape index (κ2) is 6.45. The summed E-state index contributed by atoms with van der Waals surface area (Å²) in [5.41, 5.74) is 0. The molecular weight excluding hydrogens is 229 g/mol. The average Bonchev–Trinajstić information content (AvgIpc) is 1.80. The van der Waals surface area contributed by atoms with Crippen molar-refractivity contribution in [2.24, 2.45) is 9.31 Å². The molecular formula is C6H13INO-. The molecule has 0 aromatic heterocycles. The van der Waals surface area contributed by atoms with Crippen molar-refractivity contribution in [3.05, 3.63) is 4.91 Å². The summed E-state index contributed by atoms with van der Waals surface area (Å²) in [6.07, 6.45) is 2.44. The Hall–Kier alpha value is 0.330. The fraction of sp³-hybridized carbons (Fsp3) is 1.00. The number of rotatable bonds is 5. The van der Waals surface area contributed by atoms with Crippen molar-refractivity contribution in [1.29, 1.82) is 0 Å². The van der Waals surface area contributed by atoms with Gasteiger partial charge < -0.3 is 0 Å². The van der Waals surface area contributed by atoms with E-state index >= 15 is 0 Å². The van der Waals surface area contributed by atoms with Gasteiger partial charge in [0.05, 0.1) is 0 Å². The minimum atomic E-state index is -0.335. The number of nitrogens with zero attached hydrogens (tertiary/aromatic N) is 1. The van der Waals surface area contributed by atoms with Crippen LogP contribution in [0.5, 0.6) is 0 Å². The zero-order valence-corrected chi connectivity index (χ0v) is 8.09. The van der Waals surface area contributed by atoms with Gasteiger partial charge in [0.25, 0.3) is 0 Å². The van der Waals surface area contributed by atoms with Crippen LogP contribution < -0.4 is 21.5 Å². The van der Waals surface area contributed by atoms with E-state index in [1.165, 1.54) is 12.8 Å². The first-order chi connectivity index (χ1) is 4.27. The van der Waals surface area contributed by atoms with Gasteiger partial charge in [-0.1, -0.05) is 0 Å². The van der Waals surface area contributed by atoms with Crippen LogP contribution in [0.2, 0.25) is 0 Å². The van der Waals surface area contributed by atoms with Crippen LogP contribution in [-0.2, 0) is 0 Å². The molecule has 0 bridgehead atoms. The average molecular weight is 242 g/mol. The molecule has 0 saturated heterocycles. The Labute approximate surface area is 67.0 Å². The molecule has 56 valence electrons. The molecule has 0 saturated carbocycles. The number of nitroso groups, excluding NO2 is 1. The summed E-state index contributed by atoms with van der Waals surface area (Å²) in [4.78, 5) is 9.65. The van der Waals surface area contributed by atoms with Gasteiger partial charge in [-0.3, -0.25) is 0 Å². The molecule has 0 aliphatic heterocycles. The fourth-order valence-corrected chi connectivity index (χ4v) is 1.56. The summed E-state index contributed by atoms with van der Waals surface area (Å²) in [6.45, 7) is 4.40. The van der Waals surface area contributed by atoms with Gasteiger partial charge in [-0.2, -0.15) is 0 Å². The van der Waals surface area contributed by atoms with Crippen molar-refractivity contribution >= 4 is 0 Å². The van der Waals surface area contributed by atoms with Gasteiger partial charge in [0.2, 0.25) is 0 Å². The van der Waals surface area contributed by atoms with E-state index in [0.717, 1.165) is 10.3 Å². The molecule has 0 spiro atoms. The van der Waals surface area contributed by atoms with E-state index in [0.29, 0.717) is 0 Å². The molecule has 0 fully saturated rings. The second-order valence-corrected chi connectivity index (χ2v) is 4.57. The molecule has 9 heavy (non-hydrogen) atoms. The normalized spacial score (nSPS) is 10.6. The van der Waals surface area contributed by atoms with Crippen molar-refractivity contribution in [2.75, 3.05) is 4.43 Å². The zero-order valence-electron chi connectivity index (χ0n) is 5.93. The van der Waals surface area contributed by atoms with E-state index in [2.05, 4.69) is 17.2 Å². The van der Waals surface area contributed by atoms with Gasteiger partial charge in [0.1, 0.15) is 0 Å². The van der Waals surface area contributed by atoms with Crippen molar-refractivity contribution in [2.45, 2.75) is 26.7 Å². The van der Waals surface area contributed by atoms with Crippen LogP contribution >= 0.6 is 0 Å². The molecule has 0 aliphatic rings. The van der Waals surface area contributed by atoms with Crippen LogP contribution in [0, 0.1) is 10.8 Å². The number of hydrogen-bond donors (Lipinski definition) is 0. The molecule has 0 aliphatic carbocycles. The summed E-state index contributed by atoms with van der Waals surface area (Å²) >= 11 is -0.335. The van der Waals surface area contributed by atoms with E-state index in [4.69, 9.17) is 0 Å². The van der Waals surface area contributed by atoms with Crippen LogP contribution in [0.4, 0.5) is 0 Å². The van der Waals surface area contributed by atoms with E-state index in [1.807, 2.05) is 0 Å². The van der Waals surface area contributed by atoms with Crippen molar-refractivity contribution < 1.29 is 21.5 Å². The molecule has 3 heteroatoms. The Balaban J connectivity index is 2.82. The Morgan fingerprint density at radius 2 is 2.22 bits per heavy atom. The summed E-state index contributed by atoms with van der Waals surface area (Å²) in [5.74, 6) is 0.778. The van der Waals surface area contributed by atoms with Crippen LogP contribution in [0.3, 0.4) is 0 Å². The summed E-state index contributed by atoms with van der Waals surface area (Å²) < 4.78 is 3.96. The predicted octanol–water partition coefficient (Wildman–Crippen LogP) is -0.807. The SMILES string of the molecule is CC(C)CCC[I-]N=O. The van der Waals surface area contributed by atoms with E-state index in [-0.39, 0.29) is 21.5 Å². The molecule has 0 radical (unpaired) electrons. The molecule has 0 aromatic carbocycles. The molecule has 0 aromatic rings. The molecule has 0 rings (SSSR count). The standard InChI is InChI=1S/C6H13INO/c1-6(2)4-3-5-7-8-9/h6H,3-5H2,1-2H3/q-1. The maximum atomic E-state index is 9.65. The number of hydrogen-bond acceptors (Lipinski definition) is 2. The van der Waals surface area contributed by atoms with Gasteiger partial charge in [0, 0.05) is 0 Å². The first-order valence-corrected chi connectivity index (χ1v) is 5.67.